The van der Waals surface area contributed by atoms with Crippen LogP contribution in [0.4, 0.5) is 8.78 Å². The first kappa shape index (κ1) is 10.5. The fraction of sp³-hybridized carbons (Fsp3) is 0.545. The van der Waals surface area contributed by atoms with Gasteiger partial charge in [0.2, 0.25) is 0 Å². The van der Waals surface area contributed by atoms with E-state index in [0.717, 1.165) is 13.0 Å². The number of alkyl halides is 2. The first-order valence-corrected chi connectivity index (χ1v) is 5.17. The maximum Gasteiger partial charge on any atom is 0.275 e. The minimum atomic E-state index is -2.75. The second-order valence-electron chi connectivity index (χ2n) is 4.01. The zero-order chi connectivity index (χ0) is 10.7. The molecule has 1 aromatic heterocycles. The fourth-order valence-electron chi connectivity index (χ4n) is 1.95. The molecule has 1 aromatic rings. The average molecular weight is 212 g/mol. The van der Waals surface area contributed by atoms with E-state index >= 15 is 0 Å². The van der Waals surface area contributed by atoms with Gasteiger partial charge in [0.15, 0.2) is 0 Å². The van der Waals surface area contributed by atoms with Crippen LogP contribution in [0.1, 0.15) is 18.4 Å². The van der Waals surface area contributed by atoms with Gasteiger partial charge in [0.05, 0.1) is 0 Å². The number of halogens is 2. The summed E-state index contributed by atoms with van der Waals surface area (Å²) in [6, 6.07) is 2.99. The van der Waals surface area contributed by atoms with Gasteiger partial charge in [0.1, 0.15) is 0 Å². The molecule has 1 aliphatic rings. The second-order valence-corrected chi connectivity index (χ2v) is 4.01. The monoisotopic (exact) mass is 212 g/mol. The van der Waals surface area contributed by atoms with E-state index < -0.39 is 5.92 Å². The van der Waals surface area contributed by atoms with Crippen molar-refractivity contribution in [2.75, 3.05) is 13.1 Å². The molecular weight excluding hydrogens is 198 g/mol. The van der Waals surface area contributed by atoms with Gasteiger partial charge in [0.25, 0.3) is 5.92 Å². The molecule has 1 fully saturated rings. The summed E-state index contributed by atoms with van der Waals surface area (Å²) in [4.78, 5) is 3.73. The Balaban J connectivity index is 2.05. The molecule has 0 radical (unpaired) electrons. The molecule has 2 heterocycles. The molecule has 0 aromatic carbocycles. The highest BCUT2D eigenvalue weighted by atomic mass is 19.3. The lowest BCUT2D eigenvalue weighted by Crippen LogP contribution is -2.20. The van der Waals surface area contributed by atoms with E-state index in [2.05, 4.69) is 10.3 Å². The second kappa shape index (κ2) is 4.23. The van der Waals surface area contributed by atoms with Crippen molar-refractivity contribution in [3.8, 4) is 0 Å². The van der Waals surface area contributed by atoms with Crippen molar-refractivity contribution in [2.45, 2.75) is 18.8 Å². The Hall–Kier alpha value is -1.03. The number of hydrogen-bond donors (Lipinski definition) is 1. The number of pyridine rings is 1. The van der Waals surface area contributed by atoms with E-state index in [4.69, 9.17) is 0 Å². The van der Waals surface area contributed by atoms with Crippen LogP contribution in [0.2, 0.25) is 0 Å². The standard InChI is InChI=1S/C11H14F2N2/c12-11(13,6-9-3-5-15-7-9)10-2-1-4-14-8-10/h1-2,4,8-9,15H,3,5-7H2. The van der Waals surface area contributed by atoms with Crippen LogP contribution < -0.4 is 5.32 Å². The molecule has 0 amide bonds. The molecule has 1 atom stereocenters. The van der Waals surface area contributed by atoms with Crippen LogP contribution in [-0.4, -0.2) is 18.1 Å². The van der Waals surface area contributed by atoms with Crippen molar-refractivity contribution in [1.82, 2.24) is 10.3 Å². The molecule has 0 bridgehead atoms. The fourth-order valence-corrected chi connectivity index (χ4v) is 1.95. The molecule has 0 aliphatic carbocycles. The van der Waals surface area contributed by atoms with Gasteiger partial charge in [-0.15, -0.1) is 0 Å². The maximum atomic E-state index is 13.7. The van der Waals surface area contributed by atoms with E-state index in [0.29, 0.717) is 6.54 Å². The van der Waals surface area contributed by atoms with Crippen LogP contribution >= 0.6 is 0 Å². The first-order valence-electron chi connectivity index (χ1n) is 5.17. The van der Waals surface area contributed by atoms with E-state index in [1.54, 1.807) is 6.07 Å². The van der Waals surface area contributed by atoms with Crippen molar-refractivity contribution >= 4 is 0 Å². The maximum absolute atomic E-state index is 13.7. The Morgan fingerprint density at radius 1 is 1.53 bits per heavy atom. The minimum absolute atomic E-state index is 0.0249. The van der Waals surface area contributed by atoms with Crippen molar-refractivity contribution in [3.63, 3.8) is 0 Å². The molecule has 1 N–H and O–H groups in total. The van der Waals surface area contributed by atoms with Crippen molar-refractivity contribution in [1.29, 1.82) is 0 Å². The quantitative estimate of drug-likeness (QED) is 0.830. The highest BCUT2D eigenvalue weighted by Crippen LogP contribution is 2.35. The number of aromatic nitrogens is 1. The van der Waals surface area contributed by atoms with Crippen LogP contribution in [0.25, 0.3) is 0 Å². The van der Waals surface area contributed by atoms with Crippen LogP contribution in [0, 0.1) is 5.92 Å². The predicted octanol–water partition coefficient (Wildman–Crippen LogP) is 2.17. The summed E-state index contributed by atoms with van der Waals surface area (Å²) in [6.07, 6.45) is 3.53. The third kappa shape index (κ3) is 2.50. The van der Waals surface area contributed by atoms with Crippen LogP contribution in [0.5, 0.6) is 0 Å². The molecule has 82 valence electrons. The van der Waals surface area contributed by atoms with Gasteiger partial charge in [-0.3, -0.25) is 4.98 Å². The highest BCUT2D eigenvalue weighted by molar-refractivity contribution is 5.15. The number of rotatable bonds is 3. The van der Waals surface area contributed by atoms with Crippen molar-refractivity contribution < 1.29 is 8.78 Å². The molecule has 0 spiro atoms. The molecule has 4 heteroatoms. The summed E-state index contributed by atoms with van der Waals surface area (Å²) in [6.45, 7) is 1.56. The topological polar surface area (TPSA) is 24.9 Å². The molecule has 2 nitrogen and oxygen atoms in total. The normalized spacial score (nSPS) is 21.9. The molecule has 2 rings (SSSR count). The highest BCUT2D eigenvalue weighted by Gasteiger charge is 2.35. The van der Waals surface area contributed by atoms with Gasteiger partial charge in [-0.25, -0.2) is 8.78 Å². The van der Waals surface area contributed by atoms with Crippen LogP contribution in [-0.2, 0) is 5.92 Å². The summed E-state index contributed by atoms with van der Waals surface area (Å²) in [5.41, 5.74) is 0.0249. The van der Waals surface area contributed by atoms with Gasteiger partial charge in [0, 0.05) is 24.4 Å². The van der Waals surface area contributed by atoms with Gasteiger partial charge < -0.3 is 5.32 Å². The summed E-state index contributed by atoms with van der Waals surface area (Å²) >= 11 is 0. The molecule has 1 aliphatic heterocycles. The summed E-state index contributed by atoms with van der Waals surface area (Å²) in [5.74, 6) is -2.66. The lowest BCUT2D eigenvalue weighted by atomic mass is 9.96. The van der Waals surface area contributed by atoms with Gasteiger partial charge in [-0.2, -0.15) is 0 Å². The molecular formula is C11H14F2N2. The zero-order valence-corrected chi connectivity index (χ0v) is 8.42. The van der Waals surface area contributed by atoms with Gasteiger partial charge >= 0.3 is 0 Å². The third-order valence-corrected chi connectivity index (χ3v) is 2.79. The smallest absolute Gasteiger partial charge is 0.275 e. The van der Waals surface area contributed by atoms with E-state index in [-0.39, 0.29) is 17.9 Å². The van der Waals surface area contributed by atoms with Crippen LogP contribution in [0.3, 0.4) is 0 Å². The lowest BCUT2D eigenvalue weighted by Gasteiger charge is -2.19. The first-order chi connectivity index (χ1) is 7.18. The van der Waals surface area contributed by atoms with Gasteiger partial charge in [-0.05, 0) is 37.6 Å². The summed E-state index contributed by atoms with van der Waals surface area (Å²) in [7, 11) is 0. The average Bonchev–Trinajstić information content (AvgIpc) is 2.71. The summed E-state index contributed by atoms with van der Waals surface area (Å²) < 4.78 is 27.5. The number of nitrogens with zero attached hydrogens (tertiary/aromatic N) is 1. The predicted molar refractivity (Wildman–Crippen MR) is 53.7 cm³/mol. The van der Waals surface area contributed by atoms with E-state index in [9.17, 15) is 8.78 Å². The Morgan fingerprint density at radius 2 is 2.40 bits per heavy atom. The molecule has 1 saturated heterocycles. The number of nitrogens with one attached hydrogen (secondary N) is 1. The third-order valence-electron chi connectivity index (χ3n) is 2.79. The molecule has 15 heavy (non-hydrogen) atoms. The largest absolute Gasteiger partial charge is 0.316 e. The lowest BCUT2D eigenvalue weighted by molar-refractivity contribution is -0.0271. The molecule has 0 saturated carbocycles. The zero-order valence-electron chi connectivity index (χ0n) is 8.42. The van der Waals surface area contributed by atoms with Crippen LogP contribution in [0.15, 0.2) is 24.5 Å². The summed E-state index contributed by atoms with van der Waals surface area (Å²) in [5, 5.41) is 3.10. The van der Waals surface area contributed by atoms with E-state index in [1.165, 1.54) is 18.5 Å². The Labute approximate surface area is 87.7 Å². The Kier molecular flexibility index (Phi) is 2.95. The van der Waals surface area contributed by atoms with E-state index in [1.807, 2.05) is 0 Å². The van der Waals surface area contributed by atoms with Crippen molar-refractivity contribution in [2.24, 2.45) is 5.92 Å². The van der Waals surface area contributed by atoms with Gasteiger partial charge in [-0.1, -0.05) is 0 Å². The Morgan fingerprint density at radius 3 is 3.00 bits per heavy atom. The Bertz CT molecular complexity index is 308. The van der Waals surface area contributed by atoms with Crippen molar-refractivity contribution in [3.05, 3.63) is 30.1 Å². The number of hydrogen-bond acceptors (Lipinski definition) is 2. The minimum Gasteiger partial charge on any atom is -0.316 e. The molecule has 1 unspecified atom stereocenters. The SMILES string of the molecule is FC(F)(CC1CCNC1)c1cccnc1.